The van der Waals surface area contributed by atoms with Crippen molar-refractivity contribution >= 4 is 23.5 Å². The van der Waals surface area contributed by atoms with Gasteiger partial charge < -0.3 is 19.5 Å². The lowest BCUT2D eigenvalue weighted by Gasteiger charge is -2.20. The highest BCUT2D eigenvalue weighted by Crippen LogP contribution is 2.49. The molecule has 0 bridgehead atoms. The third kappa shape index (κ3) is 3.27. The summed E-state index contributed by atoms with van der Waals surface area (Å²) in [5, 5.41) is 5.28. The Morgan fingerprint density at radius 1 is 1.11 bits per heavy atom. The van der Waals surface area contributed by atoms with Crippen LogP contribution in [0.3, 0.4) is 0 Å². The molecule has 8 nitrogen and oxygen atoms in total. The van der Waals surface area contributed by atoms with Crippen LogP contribution in [0.1, 0.15) is 36.3 Å². The van der Waals surface area contributed by atoms with Gasteiger partial charge >= 0.3 is 0 Å². The number of benzene rings is 1. The summed E-state index contributed by atoms with van der Waals surface area (Å²) < 4.78 is 18.1. The lowest BCUT2D eigenvalue weighted by atomic mass is 10.0. The predicted molar refractivity (Wildman–Crippen MR) is 104 cm³/mol. The van der Waals surface area contributed by atoms with Crippen LogP contribution in [0.4, 0.5) is 5.82 Å². The minimum absolute atomic E-state index is 0.0159. The van der Waals surface area contributed by atoms with Crippen molar-refractivity contribution in [1.82, 2.24) is 9.78 Å². The molecule has 1 amide bonds. The number of thioether (sulfide) groups is 1. The predicted octanol–water partition coefficient (Wildman–Crippen LogP) is 2.56. The number of methoxy groups -OCH3 is 3. The maximum atomic E-state index is 12.8. The Kier molecular flexibility index (Phi) is 5.41. The van der Waals surface area contributed by atoms with E-state index in [1.807, 2.05) is 19.9 Å². The topological polar surface area (TPSA) is 94.6 Å². The number of aromatic nitrogens is 2. The van der Waals surface area contributed by atoms with Crippen molar-refractivity contribution in [3.63, 3.8) is 0 Å². The first kappa shape index (κ1) is 19.2. The van der Waals surface area contributed by atoms with Gasteiger partial charge in [-0.05, 0) is 26.0 Å². The van der Waals surface area contributed by atoms with Crippen molar-refractivity contribution in [2.75, 3.05) is 32.4 Å². The van der Waals surface area contributed by atoms with E-state index in [0.717, 1.165) is 5.56 Å². The number of nitrogens with one attached hydrogen (secondary N) is 2. The van der Waals surface area contributed by atoms with Crippen LogP contribution < -0.4 is 25.1 Å². The third-order valence-corrected chi connectivity index (χ3v) is 5.65. The van der Waals surface area contributed by atoms with Gasteiger partial charge in [0.1, 0.15) is 5.82 Å². The molecule has 1 aromatic carbocycles. The van der Waals surface area contributed by atoms with E-state index in [4.69, 9.17) is 14.2 Å². The summed E-state index contributed by atoms with van der Waals surface area (Å²) in [6, 6.07) is 3.59. The standard InChI is InChI=1S/C18H23N3O5S/c1-9(2)21-17-13(18(23)20-21)16(27-8-12(22)19-17)10-6-7-11(24-3)15(26-5)14(10)25-4/h6-7,9,16H,8H2,1-5H3,(H,19,22)(H,20,23)/t16-/m1/s1. The first-order chi connectivity index (χ1) is 12.9. The van der Waals surface area contributed by atoms with Crippen LogP contribution in [0, 0.1) is 0 Å². The van der Waals surface area contributed by atoms with Crippen LogP contribution in [-0.2, 0) is 4.79 Å². The van der Waals surface area contributed by atoms with Crippen molar-refractivity contribution in [2.45, 2.75) is 25.1 Å². The van der Waals surface area contributed by atoms with Gasteiger partial charge in [0.2, 0.25) is 11.7 Å². The number of ether oxygens (including phenoxy) is 3. The first-order valence-corrected chi connectivity index (χ1v) is 9.52. The zero-order valence-corrected chi connectivity index (χ0v) is 16.7. The van der Waals surface area contributed by atoms with Gasteiger partial charge in [-0.2, -0.15) is 0 Å². The number of aromatic amines is 1. The van der Waals surface area contributed by atoms with Crippen LogP contribution in [0.25, 0.3) is 0 Å². The summed E-state index contributed by atoms with van der Waals surface area (Å²) in [4.78, 5) is 25.0. The molecule has 0 aliphatic carbocycles. The Balaban J connectivity index is 2.25. The minimum Gasteiger partial charge on any atom is -0.493 e. The second-order valence-electron chi connectivity index (χ2n) is 6.33. The zero-order valence-electron chi connectivity index (χ0n) is 15.9. The number of hydrogen-bond acceptors (Lipinski definition) is 6. The molecular weight excluding hydrogens is 370 g/mol. The number of carbonyl (C=O) groups is 1. The van der Waals surface area contributed by atoms with Gasteiger partial charge in [-0.3, -0.25) is 19.4 Å². The number of hydrogen-bond donors (Lipinski definition) is 2. The van der Waals surface area contributed by atoms with Crippen LogP contribution in [-0.4, -0.2) is 42.8 Å². The quantitative estimate of drug-likeness (QED) is 0.811. The molecule has 0 unspecified atom stereocenters. The van der Waals surface area contributed by atoms with Crippen LogP contribution >= 0.6 is 11.8 Å². The second-order valence-corrected chi connectivity index (χ2v) is 7.42. The third-order valence-electron chi connectivity index (χ3n) is 4.40. The second kappa shape index (κ2) is 7.59. The minimum atomic E-state index is -0.405. The SMILES string of the molecule is COc1ccc([C@H]2SCC(=O)Nc3c2c(=O)[nH]n3C(C)C)c(OC)c1OC. The van der Waals surface area contributed by atoms with Gasteiger partial charge in [-0.15, -0.1) is 11.8 Å². The number of rotatable bonds is 5. The van der Waals surface area contributed by atoms with Gasteiger partial charge in [-0.1, -0.05) is 0 Å². The molecule has 2 N–H and O–H groups in total. The molecule has 3 rings (SSSR count). The fourth-order valence-corrected chi connectivity index (χ4v) is 4.35. The monoisotopic (exact) mass is 393 g/mol. The fourth-order valence-electron chi connectivity index (χ4n) is 3.21. The van der Waals surface area contributed by atoms with Gasteiger partial charge in [0.25, 0.3) is 5.56 Å². The Morgan fingerprint density at radius 3 is 2.41 bits per heavy atom. The summed E-state index contributed by atoms with van der Waals surface area (Å²) in [6.07, 6.45) is 0. The molecule has 146 valence electrons. The number of carbonyl (C=O) groups excluding carboxylic acids is 1. The molecule has 0 fully saturated rings. The summed E-state index contributed by atoms with van der Waals surface area (Å²) in [5.41, 5.74) is 0.991. The fraction of sp³-hybridized carbons (Fsp3) is 0.444. The molecule has 0 saturated carbocycles. The van der Waals surface area contributed by atoms with E-state index < -0.39 is 5.25 Å². The van der Waals surface area contributed by atoms with Crippen molar-refractivity contribution in [2.24, 2.45) is 0 Å². The number of fused-ring (bicyclic) bond motifs is 1. The van der Waals surface area contributed by atoms with Crippen LogP contribution in [0.5, 0.6) is 17.2 Å². The first-order valence-electron chi connectivity index (χ1n) is 8.47. The lowest BCUT2D eigenvalue weighted by molar-refractivity contribution is -0.113. The summed E-state index contributed by atoms with van der Waals surface area (Å²) in [6.45, 7) is 3.87. The summed E-state index contributed by atoms with van der Waals surface area (Å²) >= 11 is 1.37. The van der Waals surface area contributed by atoms with Crippen molar-refractivity contribution < 1.29 is 19.0 Å². The molecule has 2 heterocycles. The van der Waals surface area contributed by atoms with E-state index in [0.29, 0.717) is 28.6 Å². The lowest BCUT2D eigenvalue weighted by Crippen LogP contribution is -2.17. The summed E-state index contributed by atoms with van der Waals surface area (Å²) in [5.74, 6) is 2.01. The van der Waals surface area contributed by atoms with E-state index in [-0.39, 0.29) is 23.3 Å². The Morgan fingerprint density at radius 2 is 1.81 bits per heavy atom. The molecule has 0 radical (unpaired) electrons. The normalized spacial score (nSPS) is 16.5. The van der Waals surface area contributed by atoms with E-state index in [2.05, 4.69) is 10.4 Å². The maximum absolute atomic E-state index is 12.8. The van der Waals surface area contributed by atoms with Gasteiger partial charge in [0, 0.05) is 11.6 Å². The molecule has 0 spiro atoms. The average molecular weight is 393 g/mol. The van der Waals surface area contributed by atoms with E-state index in [9.17, 15) is 9.59 Å². The smallest absolute Gasteiger partial charge is 0.270 e. The number of nitrogens with zero attached hydrogens (tertiary/aromatic N) is 1. The average Bonchev–Trinajstić information content (AvgIpc) is 2.86. The molecule has 1 aliphatic heterocycles. The number of amides is 1. The number of anilines is 1. The highest BCUT2D eigenvalue weighted by atomic mass is 32.2. The molecule has 9 heteroatoms. The molecule has 1 aliphatic rings. The molecule has 1 aromatic heterocycles. The highest BCUT2D eigenvalue weighted by molar-refractivity contribution is 8.00. The van der Waals surface area contributed by atoms with Gasteiger partial charge in [0.05, 0.1) is 37.9 Å². The molecule has 0 saturated heterocycles. The van der Waals surface area contributed by atoms with E-state index in [1.165, 1.54) is 26.0 Å². The molecular formula is C18H23N3O5S. The van der Waals surface area contributed by atoms with Crippen molar-refractivity contribution in [3.8, 4) is 17.2 Å². The molecule has 1 atom stereocenters. The van der Waals surface area contributed by atoms with Crippen LogP contribution in [0.15, 0.2) is 16.9 Å². The van der Waals surface area contributed by atoms with Gasteiger partial charge in [-0.25, -0.2) is 0 Å². The number of H-pyrrole nitrogens is 1. The van der Waals surface area contributed by atoms with E-state index in [1.54, 1.807) is 17.9 Å². The Labute approximate surface area is 161 Å². The largest absolute Gasteiger partial charge is 0.493 e. The maximum Gasteiger partial charge on any atom is 0.270 e. The van der Waals surface area contributed by atoms with Crippen molar-refractivity contribution in [3.05, 3.63) is 33.6 Å². The summed E-state index contributed by atoms with van der Waals surface area (Å²) in [7, 11) is 4.62. The van der Waals surface area contributed by atoms with Crippen molar-refractivity contribution in [1.29, 1.82) is 0 Å². The Hall–Kier alpha value is -2.55. The Bertz CT molecular complexity index is 918. The van der Waals surface area contributed by atoms with Gasteiger partial charge in [0.15, 0.2) is 11.5 Å². The zero-order chi connectivity index (χ0) is 19.7. The molecule has 2 aromatic rings. The van der Waals surface area contributed by atoms with E-state index >= 15 is 0 Å². The highest BCUT2D eigenvalue weighted by Gasteiger charge is 2.34. The molecule has 27 heavy (non-hydrogen) atoms. The van der Waals surface area contributed by atoms with Crippen LogP contribution in [0.2, 0.25) is 0 Å².